The third kappa shape index (κ3) is 2.76. The Morgan fingerprint density at radius 3 is 2.39 bits per heavy atom. The number of sulfonamides is 1. The average molecular weight is 290 g/mol. The zero-order valence-electron chi connectivity index (χ0n) is 9.97. The second-order valence-electron chi connectivity index (χ2n) is 4.36. The summed E-state index contributed by atoms with van der Waals surface area (Å²) in [4.78, 5) is 3.92. The van der Waals surface area contributed by atoms with Crippen molar-refractivity contribution in [2.45, 2.75) is 30.6 Å². The Kier molecular flexibility index (Phi) is 4.09. The Labute approximate surface area is 112 Å². The van der Waals surface area contributed by atoms with E-state index in [9.17, 15) is 8.42 Å². The highest BCUT2D eigenvalue weighted by Gasteiger charge is 2.25. The molecule has 0 aromatic carbocycles. The maximum atomic E-state index is 12.4. The molecule has 0 spiro atoms. The number of anilines is 1. The molecule has 1 aromatic rings. The van der Waals surface area contributed by atoms with Gasteiger partial charge in [-0.3, -0.25) is 0 Å². The van der Waals surface area contributed by atoms with Crippen molar-refractivity contribution in [1.82, 2.24) is 9.29 Å². The van der Waals surface area contributed by atoms with Crippen LogP contribution in [0.2, 0.25) is 5.02 Å². The minimum atomic E-state index is -3.49. The first kappa shape index (κ1) is 13.6. The lowest BCUT2D eigenvalue weighted by atomic mass is 10.2. The molecule has 2 heterocycles. The third-order valence-corrected chi connectivity index (χ3v) is 5.21. The fourth-order valence-electron chi connectivity index (χ4n) is 2.00. The van der Waals surface area contributed by atoms with Crippen LogP contribution in [-0.4, -0.2) is 30.8 Å². The number of rotatable bonds is 2. The maximum Gasteiger partial charge on any atom is 0.244 e. The zero-order valence-corrected chi connectivity index (χ0v) is 11.5. The van der Waals surface area contributed by atoms with Crippen LogP contribution in [0.5, 0.6) is 0 Å². The molecule has 0 bridgehead atoms. The minimum Gasteiger partial charge on any atom is -0.382 e. The molecule has 0 amide bonds. The SMILES string of the molecule is Nc1ncc(S(=O)(=O)N2CCCCCC2)cc1Cl. The van der Waals surface area contributed by atoms with E-state index in [2.05, 4.69) is 4.98 Å². The highest BCUT2D eigenvalue weighted by atomic mass is 35.5. The van der Waals surface area contributed by atoms with Crippen molar-refractivity contribution in [2.24, 2.45) is 0 Å². The van der Waals surface area contributed by atoms with Crippen molar-refractivity contribution < 1.29 is 8.42 Å². The molecular formula is C11H16ClN3O2S. The molecule has 18 heavy (non-hydrogen) atoms. The van der Waals surface area contributed by atoms with E-state index < -0.39 is 10.0 Å². The van der Waals surface area contributed by atoms with Crippen molar-refractivity contribution in [3.8, 4) is 0 Å². The van der Waals surface area contributed by atoms with E-state index in [1.165, 1.54) is 16.6 Å². The molecule has 1 aliphatic rings. The zero-order chi connectivity index (χ0) is 13.2. The van der Waals surface area contributed by atoms with Crippen molar-refractivity contribution >= 4 is 27.4 Å². The molecule has 1 aromatic heterocycles. The van der Waals surface area contributed by atoms with Gasteiger partial charge >= 0.3 is 0 Å². The maximum absolute atomic E-state index is 12.4. The first-order valence-electron chi connectivity index (χ1n) is 5.93. The van der Waals surface area contributed by atoms with Gasteiger partial charge in [-0.25, -0.2) is 13.4 Å². The van der Waals surface area contributed by atoms with E-state index in [4.69, 9.17) is 17.3 Å². The Hall–Kier alpha value is -0.850. The van der Waals surface area contributed by atoms with Crippen LogP contribution in [-0.2, 0) is 10.0 Å². The van der Waals surface area contributed by atoms with E-state index in [-0.39, 0.29) is 15.7 Å². The second-order valence-corrected chi connectivity index (χ2v) is 6.70. The molecule has 2 rings (SSSR count). The predicted octanol–water partition coefficient (Wildman–Crippen LogP) is 1.88. The fraction of sp³-hybridized carbons (Fsp3) is 0.545. The highest BCUT2D eigenvalue weighted by Crippen LogP contribution is 2.24. The number of hydrogen-bond acceptors (Lipinski definition) is 4. The van der Waals surface area contributed by atoms with Gasteiger partial charge in [0.15, 0.2) is 0 Å². The third-order valence-electron chi connectivity index (χ3n) is 3.05. The van der Waals surface area contributed by atoms with Gasteiger partial charge < -0.3 is 5.73 Å². The molecule has 1 aliphatic heterocycles. The minimum absolute atomic E-state index is 0.114. The molecule has 0 aliphatic carbocycles. The average Bonchev–Trinajstić information content (AvgIpc) is 2.61. The van der Waals surface area contributed by atoms with Gasteiger partial charge in [0, 0.05) is 19.3 Å². The number of hydrogen-bond donors (Lipinski definition) is 1. The summed E-state index contributed by atoms with van der Waals surface area (Å²) in [6.45, 7) is 1.12. The molecule has 0 saturated carbocycles. The van der Waals surface area contributed by atoms with Crippen LogP contribution in [0.1, 0.15) is 25.7 Å². The Bertz CT molecular complexity index is 525. The summed E-state index contributed by atoms with van der Waals surface area (Å²) in [6, 6.07) is 1.37. The normalized spacial score (nSPS) is 18.5. The van der Waals surface area contributed by atoms with E-state index in [0.717, 1.165) is 25.7 Å². The summed E-state index contributed by atoms with van der Waals surface area (Å²) in [5.41, 5.74) is 5.48. The van der Waals surface area contributed by atoms with Crippen LogP contribution in [0.3, 0.4) is 0 Å². The van der Waals surface area contributed by atoms with Gasteiger partial charge in [-0.2, -0.15) is 4.31 Å². The summed E-state index contributed by atoms with van der Waals surface area (Å²) in [6.07, 6.45) is 5.21. The molecule has 0 unspecified atom stereocenters. The highest BCUT2D eigenvalue weighted by molar-refractivity contribution is 7.89. The van der Waals surface area contributed by atoms with Crippen molar-refractivity contribution in [2.75, 3.05) is 18.8 Å². The molecule has 7 heteroatoms. The number of pyridine rings is 1. The van der Waals surface area contributed by atoms with Gasteiger partial charge in [-0.05, 0) is 18.9 Å². The summed E-state index contributed by atoms with van der Waals surface area (Å²) >= 11 is 5.82. The van der Waals surface area contributed by atoms with Gasteiger partial charge in [0.2, 0.25) is 10.0 Å². The Balaban J connectivity index is 2.31. The molecule has 100 valence electrons. The van der Waals surface area contributed by atoms with Crippen molar-refractivity contribution in [3.63, 3.8) is 0 Å². The van der Waals surface area contributed by atoms with Gasteiger partial charge in [0.05, 0.1) is 5.02 Å². The molecule has 0 atom stereocenters. The van der Waals surface area contributed by atoms with Crippen molar-refractivity contribution in [1.29, 1.82) is 0 Å². The molecule has 0 radical (unpaired) electrons. The lowest BCUT2D eigenvalue weighted by molar-refractivity contribution is 0.423. The largest absolute Gasteiger partial charge is 0.382 e. The van der Waals surface area contributed by atoms with Crippen LogP contribution >= 0.6 is 11.6 Å². The van der Waals surface area contributed by atoms with Crippen LogP contribution in [0.25, 0.3) is 0 Å². The molecule has 5 nitrogen and oxygen atoms in total. The lowest BCUT2D eigenvalue weighted by Crippen LogP contribution is -2.32. The smallest absolute Gasteiger partial charge is 0.244 e. The monoisotopic (exact) mass is 289 g/mol. The van der Waals surface area contributed by atoms with Crippen LogP contribution in [0.15, 0.2) is 17.2 Å². The summed E-state index contributed by atoms with van der Waals surface area (Å²) in [5.74, 6) is 0.145. The van der Waals surface area contributed by atoms with Crippen molar-refractivity contribution in [3.05, 3.63) is 17.3 Å². The quantitative estimate of drug-likeness (QED) is 0.902. The Morgan fingerprint density at radius 2 is 1.83 bits per heavy atom. The number of nitrogen functional groups attached to an aromatic ring is 1. The topological polar surface area (TPSA) is 76.3 Å². The predicted molar refractivity (Wildman–Crippen MR) is 70.9 cm³/mol. The number of nitrogens with two attached hydrogens (primary N) is 1. The lowest BCUT2D eigenvalue weighted by Gasteiger charge is -2.19. The summed E-state index contributed by atoms with van der Waals surface area (Å²) < 4.78 is 26.3. The van der Waals surface area contributed by atoms with Gasteiger partial charge in [-0.15, -0.1) is 0 Å². The fourth-order valence-corrected chi connectivity index (χ4v) is 3.72. The van der Waals surface area contributed by atoms with Crippen LogP contribution in [0, 0.1) is 0 Å². The standard InChI is InChI=1S/C11H16ClN3O2S/c12-10-7-9(8-14-11(10)13)18(16,17)15-5-3-1-2-4-6-15/h7-8H,1-6H2,(H2,13,14). The molecular weight excluding hydrogens is 274 g/mol. The van der Waals surface area contributed by atoms with Gasteiger partial charge in [-0.1, -0.05) is 24.4 Å². The first-order chi connectivity index (χ1) is 8.51. The van der Waals surface area contributed by atoms with E-state index in [1.807, 2.05) is 0 Å². The second kappa shape index (κ2) is 5.42. The molecule has 1 saturated heterocycles. The summed E-state index contributed by atoms with van der Waals surface area (Å²) in [5, 5.41) is 0.172. The van der Waals surface area contributed by atoms with E-state index in [1.54, 1.807) is 0 Å². The first-order valence-corrected chi connectivity index (χ1v) is 7.75. The van der Waals surface area contributed by atoms with Crippen LogP contribution in [0.4, 0.5) is 5.82 Å². The molecule has 1 fully saturated rings. The molecule has 2 N–H and O–H groups in total. The summed E-state index contributed by atoms with van der Waals surface area (Å²) in [7, 11) is -3.49. The van der Waals surface area contributed by atoms with E-state index in [0.29, 0.717) is 13.1 Å². The van der Waals surface area contributed by atoms with Crippen LogP contribution < -0.4 is 5.73 Å². The Morgan fingerprint density at radius 1 is 1.22 bits per heavy atom. The number of nitrogens with zero attached hydrogens (tertiary/aromatic N) is 2. The van der Waals surface area contributed by atoms with Gasteiger partial charge in [0.1, 0.15) is 10.7 Å². The number of aromatic nitrogens is 1. The van der Waals surface area contributed by atoms with E-state index >= 15 is 0 Å². The van der Waals surface area contributed by atoms with Gasteiger partial charge in [0.25, 0.3) is 0 Å². The number of halogens is 1.